The molecule has 0 unspecified atom stereocenters. The predicted molar refractivity (Wildman–Crippen MR) is 73.2 cm³/mol. The third-order valence-corrected chi connectivity index (χ3v) is 5.15. The molecule has 104 valence electrons. The summed E-state index contributed by atoms with van der Waals surface area (Å²) in [5.74, 6) is -0.173. The highest BCUT2D eigenvalue weighted by Crippen LogP contribution is 2.57. The molecular weight excluding hydrogens is 278 g/mol. The van der Waals surface area contributed by atoms with E-state index in [0.29, 0.717) is 10.7 Å². The molecule has 5 atom stereocenters. The maximum absolute atomic E-state index is 12.5. The predicted octanol–water partition coefficient (Wildman–Crippen LogP) is 2.48. The molecule has 0 radical (unpaired) electrons. The monoisotopic (exact) mass is 291 g/mol. The molecule has 1 amide bonds. The van der Waals surface area contributed by atoms with E-state index >= 15 is 0 Å². The standard InChI is InChI=1S/C15H14ClNO3/c16-8-1-3-9(4-2-8)17-14(18)12-7-5-10-11(6-7)20-15(19)13(10)12/h1-4,7,10-13H,5-6H2,(H,17,18)/t7-,10-,11+,12-,13-/m1/s1. The second-order valence-corrected chi connectivity index (χ2v) is 6.35. The Labute approximate surface area is 121 Å². The average Bonchev–Trinajstić information content (AvgIpc) is 3.02. The third-order valence-electron chi connectivity index (χ3n) is 4.90. The molecule has 0 aromatic heterocycles. The van der Waals surface area contributed by atoms with E-state index < -0.39 is 0 Å². The summed E-state index contributed by atoms with van der Waals surface area (Å²) < 4.78 is 5.35. The molecule has 0 spiro atoms. The molecule has 1 aliphatic heterocycles. The lowest BCUT2D eigenvalue weighted by Gasteiger charge is -2.23. The quantitative estimate of drug-likeness (QED) is 0.852. The molecule has 1 heterocycles. The van der Waals surface area contributed by atoms with Gasteiger partial charge in [0.05, 0.1) is 11.8 Å². The molecule has 2 saturated carbocycles. The topological polar surface area (TPSA) is 55.4 Å². The fraction of sp³-hybridized carbons (Fsp3) is 0.467. The summed E-state index contributed by atoms with van der Waals surface area (Å²) in [6, 6.07) is 7.00. The molecule has 2 bridgehead atoms. The van der Waals surface area contributed by atoms with Gasteiger partial charge >= 0.3 is 5.97 Å². The fourth-order valence-electron chi connectivity index (χ4n) is 4.12. The summed E-state index contributed by atoms with van der Waals surface area (Å²) >= 11 is 5.82. The number of esters is 1. The first kappa shape index (κ1) is 12.2. The van der Waals surface area contributed by atoms with Gasteiger partial charge in [0.2, 0.25) is 5.91 Å². The van der Waals surface area contributed by atoms with Crippen LogP contribution in [0.5, 0.6) is 0 Å². The van der Waals surface area contributed by atoms with E-state index in [9.17, 15) is 9.59 Å². The molecule has 1 aromatic carbocycles. The number of anilines is 1. The van der Waals surface area contributed by atoms with Gasteiger partial charge in [0.15, 0.2) is 0 Å². The van der Waals surface area contributed by atoms with Crippen LogP contribution in [0.4, 0.5) is 5.69 Å². The van der Waals surface area contributed by atoms with Crippen molar-refractivity contribution in [3.8, 4) is 0 Å². The van der Waals surface area contributed by atoms with Crippen LogP contribution in [0.25, 0.3) is 0 Å². The number of fused-ring (bicyclic) bond motifs is 1. The van der Waals surface area contributed by atoms with E-state index in [-0.39, 0.29) is 41.7 Å². The van der Waals surface area contributed by atoms with Crippen LogP contribution in [0.15, 0.2) is 24.3 Å². The number of benzene rings is 1. The molecule has 4 rings (SSSR count). The molecule has 20 heavy (non-hydrogen) atoms. The molecular formula is C15H14ClNO3. The first-order valence-electron chi connectivity index (χ1n) is 6.90. The van der Waals surface area contributed by atoms with Crippen LogP contribution in [0.2, 0.25) is 5.02 Å². The zero-order chi connectivity index (χ0) is 13.9. The van der Waals surface area contributed by atoms with E-state index in [0.717, 1.165) is 12.8 Å². The maximum Gasteiger partial charge on any atom is 0.310 e. The van der Waals surface area contributed by atoms with Crippen molar-refractivity contribution in [1.29, 1.82) is 0 Å². The summed E-state index contributed by atoms with van der Waals surface area (Å²) in [6.45, 7) is 0. The minimum atomic E-state index is -0.234. The van der Waals surface area contributed by atoms with E-state index in [4.69, 9.17) is 16.3 Å². The summed E-state index contributed by atoms with van der Waals surface area (Å²) in [5.41, 5.74) is 0.713. The van der Waals surface area contributed by atoms with Gasteiger partial charge in [-0.15, -0.1) is 0 Å². The Morgan fingerprint density at radius 2 is 2.00 bits per heavy atom. The zero-order valence-electron chi connectivity index (χ0n) is 10.7. The minimum absolute atomic E-state index is 0.0667. The van der Waals surface area contributed by atoms with Crippen LogP contribution < -0.4 is 5.32 Å². The summed E-state index contributed by atoms with van der Waals surface area (Å²) in [6.07, 6.45) is 1.85. The van der Waals surface area contributed by atoms with Crippen molar-refractivity contribution in [3.05, 3.63) is 29.3 Å². The number of carbonyl (C=O) groups excluding carboxylic acids is 2. The lowest BCUT2D eigenvalue weighted by molar-refractivity contribution is -0.145. The first-order chi connectivity index (χ1) is 9.63. The number of nitrogens with one attached hydrogen (secondary N) is 1. The number of rotatable bonds is 2. The van der Waals surface area contributed by atoms with Crippen LogP contribution in [0, 0.1) is 23.7 Å². The molecule has 1 N–H and O–H groups in total. The molecule has 3 aliphatic rings. The highest BCUT2D eigenvalue weighted by molar-refractivity contribution is 6.30. The lowest BCUT2D eigenvalue weighted by Crippen LogP contribution is -2.35. The number of carbonyl (C=O) groups is 2. The van der Waals surface area contributed by atoms with Crippen molar-refractivity contribution < 1.29 is 14.3 Å². The normalized spacial score (nSPS) is 37.0. The molecule has 4 nitrogen and oxygen atoms in total. The average molecular weight is 292 g/mol. The number of hydrogen-bond donors (Lipinski definition) is 1. The SMILES string of the molecule is O=C(Nc1ccc(Cl)cc1)[C@@H]1[C@@H]2C[C@H]3[C@H]1C(=O)O[C@H]3C2. The van der Waals surface area contributed by atoms with Gasteiger partial charge in [0.1, 0.15) is 6.10 Å². The number of halogens is 1. The Balaban J connectivity index is 1.54. The largest absolute Gasteiger partial charge is 0.462 e. The lowest BCUT2D eigenvalue weighted by atomic mass is 9.79. The van der Waals surface area contributed by atoms with Gasteiger partial charge < -0.3 is 10.1 Å². The number of amides is 1. The van der Waals surface area contributed by atoms with Gasteiger partial charge in [-0.3, -0.25) is 9.59 Å². The fourth-order valence-corrected chi connectivity index (χ4v) is 4.25. The molecule has 2 aliphatic carbocycles. The van der Waals surface area contributed by atoms with Gasteiger partial charge in [0, 0.05) is 16.6 Å². The van der Waals surface area contributed by atoms with Gasteiger partial charge in [-0.05, 0) is 43.0 Å². The Morgan fingerprint density at radius 3 is 2.75 bits per heavy atom. The number of hydrogen-bond acceptors (Lipinski definition) is 3. The van der Waals surface area contributed by atoms with Gasteiger partial charge in [-0.2, -0.15) is 0 Å². The van der Waals surface area contributed by atoms with Crippen LogP contribution in [-0.4, -0.2) is 18.0 Å². The van der Waals surface area contributed by atoms with Gasteiger partial charge in [-0.1, -0.05) is 11.6 Å². The van der Waals surface area contributed by atoms with Gasteiger partial charge in [-0.25, -0.2) is 0 Å². The van der Waals surface area contributed by atoms with E-state index in [1.54, 1.807) is 24.3 Å². The van der Waals surface area contributed by atoms with Crippen LogP contribution >= 0.6 is 11.6 Å². The Bertz CT molecular complexity index is 583. The zero-order valence-corrected chi connectivity index (χ0v) is 11.5. The van der Waals surface area contributed by atoms with Crippen molar-refractivity contribution >= 4 is 29.2 Å². The highest BCUT2D eigenvalue weighted by Gasteiger charge is 2.63. The second-order valence-electron chi connectivity index (χ2n) is 5.92. The Morgan fingerprint density at radius 1 is 1.25 bits per heavy atom. The minimum Gasteiger partial charge on any atom is -0.462 e. The molecule has 5 heteroatoms. The summed E-state index contributed by atoms with van der Waals surface area (Å²) in [5, 5.41) is 3.52. The molecule has 3 fully saturated rings. The van der Waals surface area contributed by atoms with Crippen molar-refractivity contribution in [1.82, 2.24) is 0 Å². The van der Waals surface area contributed by atoms with E-state index in [1.165, 1.54) is 0 Å². The summed E-state index contributed by atoms with van der Waals surface area (Å²) in [4.78, 5) is 24.4. The smallest absolute Gasteiger partial charge is 0.310 e. The molecule has 1 saturated heterocycles. The maximum atomic E-state index is 12.5. The van der Waals surface area contributed by atoms with Crippen molar-refractivity contribution in [2.24, 2.45) is 23.7 Å². The first-order valence-corrected chi connectivity index (χ1v) is 7.28. The van der Waals surface area contributed by atoms with E-state index in [1.807, 2.05) is 0 Å². The highest BCUT2D eigenvalue weighted by atomic mass is 35.5. The van der Waals surface area contributed by atoms with Crippen LogP contribution in [0.1, 0.15) is 12.8 Å². The second kappa shape index (κ2) is 4.22. The Hall–Kier alpha value is -1.55. The van der Waals surface area contributed by atoms with Gasteiger partial charge in [0.25, 0.3) is 0 Å². The van der Waals surface area contributed by atoms with Crippen LogP contribution in [-0.2, 0) is 14.3 Å². The number of ether oxygens (including phenoxy) is 1. The van der Waals surface area contributed by atoms with Crippen LogP contribution in [0.3, 0.4) is 0 Å². The Kier molecular flexibility index (Phi) is 2.58. The van der Waals surface area contributed by atoms with E-state index in [2.05, 4.69) is 5.32 Å². The van der Waals surface area contributed by atoms with Crippen molar-refractivity contribution in [2.75, 3.05) is 5.32 Å². The van der Waals surface area contributed by atoms with Crippen molar-refractivity contribution in [2.45, 2.75) is 18.9 Å². The third kappa shape index (κ3) is 1.67. The summed E-state index contributed by atoms with van der Waals surface area (Å²) in [7, 11) is 0. The molecule has 1 aromatic rings. The van der Waals surface area contributed by atoms with Crippen molar-refractivity contribution in [3.63, 3.8) is 0 Å².